The molecule has 0 spiro atoms. The SMILES string of the molecule is NCC(O)c1cnc2c(c1)CSC2. The van der Waals surface area contributed by atoms with Crippen molar-refractivity contribution in [3.63, 3.8) is 0 Å². The molecule has 0 saturated carbocycles. The molecule has 2 heterocycles. The van der Waals surface area contributed by atoms with Gasteiger partial charge in [-0.2, -0.15) is 11.8 Å². The number of hydrogen-bond donors (Lipinski definition) is 2. The van der Waals surface area contributed by atoms with Crippen LogP contribution in [0.1, 0.15) is 22.9 Å². The fourth-order valence-corrected chi connectivity index (χ4v) is 2.41. The Balaban J connectivity index is 2.30. The second-order valence-electron chi connectivity index (χ2n) is 3.12. The van der Waals surface area contributed by atoms with Crippen LogP contribution in [0.3, 0.4) is 0 Å². The second-order valence-corrected chi connectivity index (χ2v) is 4.10. The molecular formula is C9H12N2OS. The fourth-order valence-electron chi connectivity index (χ4n) is 1.39. The molecule has 0 aromatic carbocycles. The van der Waals surface area contributed by atoms with Gasteiger partial charge in [-0.05, 0) is 11.6 Å². The molecule has 1 aromatic rings. The number of nitrogens with zero attached hydrogens (tertiary/aromatic N) is 1. The third-order valence-electron chi connectivity index (χ3n) is 2.19. The van der Waals surface area contributed by atoms with Crippen LogP contribution in [-0.2, 0) is 11.5 Å². The maximum Gasteiger partial charge on any atom is 0.0927 e. The van der Waals surface area contributed by atoms with E-state index in [1.54, 1.807) is 6.20 Å². The summed E-state index contributed by atoms with van der Waals surface area (Å²) in [5.74, 6) is 2.00. The summed E-state index contributed by atoms with van der Waals surface area (Å²) in [7, 11) is 0. The molecule has 0 bridgehead atoms. The Hall–Kier alpha value is -0.580. The summed E-state index contributed by atoms with van der Waals surface area (Å²) >= 11 is 1.86. The Morgan fingerprint density at radius 2 is 2.46 bits per heavy atom. The minimum Gasteiger partial charge on any atom is -0.387 e. The van der Waals surface area contributed by atoms with Gasteiger partial charge in [0.1, 0.15) is 0 Å². The molecule has 1 atom stereocenters. The summed E-state index contributed by atoms with van der Waals surface area (Å²) in [4.78, 5) is 4.29. The average Bonchev–Trinajstić information content (AvgIpc) is 2.63. The van der Waals surface area contributed by atoms with Gasteiger partial charge >= 0.3 is 0 Å². The van der Waals surface area contributed by atoms with Crippen LogP contribution in [0.4, 0.5) is 0 Å². The van der Waals surface area contributed by atoms with Crippen LogP contribution in [0.5, 0.6) is 0 Å². The van der Waals surface area contributed by atoms with Crippen molar-refractivity contribution in [2.75, 3.05) is 6.54 Å². The molecular weight excluding hydrogens is 184 g/mol. The van der Waals surface area contributed by atoms with Crippen molar-refractivity contribution in [3.05, 3.63) is 29.1 Å². The lowest BCUT2D eigenvalue weighted by atomic mass is 10.1. The first kappa shape index (κ1) is 8.99. The molecule has 1 aromatic heterocycles. The van der Waals surface area contributed by atoms with Crippen LogP contribution < -0.4 is 5.73 Å². The number of aliphatic hydroxyl groups is 1. The maximum absolute atomic E-state index is 9.49. The molecule has 13 heavy (non-hydrogen) atoms. The summed E-state index contributed by atoms with van der Waals surface area (Å²) < 4.78 is 0. The first-order valence-electron chi connectivity index (χ1n) is 4.25. The highest BCUT2D eigenvalue weighted by molar-refractivity contribution is 7.98. The zero-order valence-corrected chi connectivity index (χ0v) is 8.05. The Bertz CT molecular complexity index is 316. The number of fused-ring (bicyclic) bond motifs is 1. The molecule has 1 aliphatic heterocycles. The van der Waals surface area contributed by atoms with E-state index < -0.39 is 6.10 Å². The lowest BCUT2D eigenvalue weighted by Crippen LogP contribution is -2.12. The standard InChI is InChI=1S/C9H12N2OS/c10-2-9(12)6-1-7-4-13-5-8(7)11-3-6/h1,3,9,12H,2,4-5,10H2. The van der Waals surface area contributed by atoms with E-state index in [4.69, 9.17) is 5.73 Å². The summed E-state index contributed by atoms with van der Waals surface area (Å²) in [5.41, 5.74) is 8.60. The van der Waals surface area contributed by atoms with Crippen LogP contribution in [0.2, 0.25) is 0 Å². The van der Waals surface area contributed by atoms with E-state index in [-0.39, 0.29) is 6.54 Å². The van der Waals surface area contributed by atoms with Crippen LogP contribution >= 0.6 is 11.8 Å². The first-order valence-corrected chi connectivity index (χ1v) is 5.40. The monoisotopic (exact) mass is 196 g/mol. The fraction of sp³-hybridized carbons (Fsp3) is 0.444. The minimum atomic E-state index is -0.566. The molecule has 1 aliphatic rings. The largest absolute Gasteiger partial charge is 0.387 e. The van der Waals surface area contributed by atoms with Gasteiger partial charge in [-0.1, -0.05) is 0 Å². The van der Waals surface area contributed by atoms with E-state index in [1.807, 2.05) is 17.8 Å². The molecule has 0 aliphatic carbocycles. The predicted octanol–water partition coefficient (Wildman–Crippen LogP) is 0.821. The normalized spacial score (nSPS) is 17.1. The van der Waals surface area contributed by atoms with Crippen molar-refractivity contribution in [2.24, 2.45) is 5.73 Å². The highest BCUT2D eigenvalue weighted by Crippen LogP contribution is 2.29. The first-order chi connectivity index (χ1) is 6.31. The summed E-state index contributed by atoms with van der Waals surface area (Å²) in [6.07, 6.45) is 1.16. The van der Waals surface area contributed by atoms with Crippen molar-refractivity contribution in [2.45, 2.75) is 17.6 Å². The summed E-state index contributed by atoms with van der Waals surface area (Å²) in [6.45, 7) is 0.258. The molecule has 3 N–H and O–H groups in total. The van der Waals surface area contributed by atoms with E-state index in [2.05, 4.69) is 4.98 Å². The topological polar surface area (TPSA) is 59.1 Å². The Morgan fingerprint density at radius 3 is 3.23 bits per heavy atom. The highest BCUT2D eigenvalue weighted by Gasteiger charge is 2.14. The molecule has 0 radical (unpaired) electrons. The third kappa shape index (κ3) is 1.70. The molecule has 2 rings (SSSR count). The number of thioether (sulfide) groups is 1. The molecule has 3 nitrogen and oxygen atoms in total. The second kappa shape index (κ2) is 3.65. The molecule has 70 valence electrons. The van der Waals surface area contributed by atoms with Crippen LogP contribution in [0, 0.1) is 0 Å². The zero-order valence-electron chi connectivity index (χ0n) is 7.23. The Morgan fingerprint density at radius 1 is 1.62 bits per heavy atom. The summed E-state index contributed by atoms with van der Waals surface area (Å²) in [6, 6.07) is 2.01. The van der Waals surface area contributed by atoms with E-state index in [0.29, 0.717) is 0 Å². The van der Waals surface area contributed by atoms with Gasteiger partial charge < -0.3 is 10.8 Å². The molecule has 4 heteroatoms. The third-order valence-corrected chi connectivity index (χ3v) is 3.18. The number of rotatable bonds is 2. The maximum atomic E-state index is 9.49. The van der Waals surface area contributed by atoms with Crippen molar-refractivity contribution in [3.8, 4) is 0 Å². The lowest BCUT2D eigenvalue weighted by Gasteiger charge is -2.08. The smallest absolute Gasteiger partial charge is 0.0927 e. The van der Waals surface area contributed by atoms with E-state index in [0.717, 1.165) is 22.8 Å². The van der Waals surface area contributed by atoms with Crippen molar-refractivity contribution in [1.82, 2.24) is 4.98 Å². The Kier molecular flexibility index (Phi) is 2.53. The van der Waals surface area contributed by atoms with Crippen molar-refractivity contribution in [1.29, 1.82) is 0 Å². The van der Waals surface area contributed by atoms with Gasteiger partial charge in [-0.3, -0.25) is 4.98 Å². The number of pyridine rings is 1. The number of aliphatic hydroxyl groups excluding tert-OH is 1. The lowest BCUT2D eigenvalue weighted by molar-refractivity contribution is 0.186. The van der Waals surface area contributed by atoms with E-state index in [1.165, 1.54) is 5.56 Å². The summed E-state index contributed by atoms with van der Waals surface area (Å²) in [5, 5.41) is 9.49. The van der Waals surface area contributed by atoms with E-state index in [9.17, 15) is 5.11 Å². The van der Waals surface area contributed by atoms with Gasteiger partial charge in [0.2, 0.25) is 0 Å². The number of hydrogen-bond acceptors (Lipinski definition) is 4. The Labute approximate surface area is 81.4 Å². The molecule has 0 fully saturated rings. The van der Waals surface area contributed by atoms with Gasteiger partial charge in [0, 0.05) is 29.8 Å². The molecule has 0 saturated heterocycles. The molecule has 0 amide bonds. The van der Waals surface area contributed by atoms with Gasteiger partial charge in [-0.25, -0.2) is 0 Å². The highest BCUT2D eigenvalue weighted by atomic mass is 32.2. The van der Waals surface area contributed by atoms with Crippen LogP contribution in [0.25, 0.3) is 0 Å². The van der Waals surface area contributed by atoms with Crippen molar-refractivity contribution >= 4 is 11.8 Å². The van der Waals surface area contributed by atoms with Gasteiger partial charge in [0.15, 0.2) is 0 Å². The van der Waals surface area contributed by atoms with Crippen LogP contribution in [0.15, 0.2) is 12.3 Å². The van der Waals surface area contributed by atoms with Crippen LogP contribution in [-0.4, -0.2) is 16.6 Å². The van der Waals surface area contributed by atoms with Gasteiger partial charge in [0.05, 0.1) is 11.8 Å². The van der Waals surface area contributed by atoms with Gasteiger partial charge in [0.25, 0.3) is 0 Å². The average molecular weight is 196 g/mol. The number of nitrogens with two attached hydrogens (primary N) is 1. The van der Waals surface area contributed by atoms with Gasteiger partial charge in [-0.15, -0.1) is 0 Å². The minimum absolute atomic E-state index is 0.258. The predicted molar refractivity (Wildman–Crippen MR) is 53.3 cm³/mol. The number of aromatic nitrogens is 1. The van der Waals surface area contributed by atoms with Crippen molar-refractivity contribution < 1.29 is 5.11 Å². The zero-order chi connectivity index (χ0) is 9.26. The quantitative estimate of drug-likeness (QED) is 0.735. The van der Waals surface area contributed by atoms with E-state index >= 15 is 0 Å². The molecule has 1 unspecified atom stereocenters.